The molecule has 1 aliphatic heterocycles. The highest BCUT2D eigenvalue weighted by Gasteiger charge is 2.47. The first-order chi connectivity index (χ1) is 16.1. The minimum atomic E-state index is -4.00. The van der Waals surface area contributed by atoms with Gasteiger partial charge in [0.1, 0.15) is 17.3 Å². The van der Waals surface area contributed by atoms with E-state index in [1.807, 2.05) is 0 Å². The van der Waals surface area contributed by atoms with Crippen LogP contribution < -0.4 is 14.8 Å². The molecule has 3 N–H and O–H groups in total. The number of nitrogens with two attached hydrogens (primary N) is 1. The minimum Gasteiger partial charge on any atom is -0.507 e. The van der Waals surface area contributed by atoms with E-state index in [-0.39, 0.29) is 27.3 Å². The molecule has 10 heteroatoms. The summed E-state index contributed by atoms with van der Waals surface area (Å²) in [6.07, 6.45) is 0. The van der Waals surface area contributed by atoms with Crippen molar-refractivity contribution in [1.82, 2.24) is 0 Å². The lowest BCUT2D eigenvalue weighted by Crippen LogP contribution is -2.30. The number of methoxy groups -OCH3 is 1. The Kier molecular flexibility index (Phi) is 5.94. The molecular formula is C24H19FN2O6S. The predicted octanol–water partition coefficient (Wildman–Crippen LogP) is 3.11. The number of hydrogen-bond acceptors (Lipinski definition) is 6. The lowest BCUT2D eigenvalue weighted by Gasteiger charge is -2.25. The average molecular weight is 482 g/mol. The third-order valence-corrected chi connectivity index (χ3v) is 6.38. The van der Waals surface area contributed by atoms with Crippen molar-refractivity contribution in [3.8, 4) is 5.75 Å². The van der Waals surface area contributed by atoms with Gasteiger partial charge in [-0.2, -0.15) is 0 Å². The Labute approximate surface area is 194 Å². The highest BCUT2D eigenvalue weighted by molar-refractivity contribution is 7.89. The molecule has 3 aromatic rings. The zero-order chi connectivity index (χ0) is 24.6. The number of carbonyl (C=O) groups excluding carboxylic acids is 2. The number of aliphatic hydroxyl groups is 1. The van der Waals surface area contributed by atoms with Crippen molar-refractivity contribution < 1.29 is 32.2 Å². The van der Waals surface area contributed by atoms with E-state index in [1.165, 1.54) is 67.8 Å². The monoisotopic (exact) mass is 482 g/mol. The maximum Gasteiger partial charge on any atom is 0.300 e. The van der Waals surface area contributed by atoms with Crippen LogP contribution in [0.3, 0.4) is 0 Å². The molecule has 0 aliphatic carbocycles. The van der Waals surface area contributed by atoms with Crippen LogP contribution in [-0.2, 0) is 19.6 Å². The number of anilines is 1. The van der Waals surface area contributed by atoms with Gasteiger partial charge in [0.05, 0.1) is 23.6 Å². The summed E-state index contributed by atoms with van der Waals surface area (Å²) in [6, 6.07) is 15.3. The predicted molar refractivity (Wildman–Crippen MR) is 122 cm³/mol. The standard InChI is InChI=1S/C24H19FN2O6S/c1-33-16-10-6-14(7-11-16)22(28)20-21(18-4-2-3-5-19(18)25)27(24(30)23(20)29)15-8-12-17(13-9-15)34(26,31)32/h2-13,21,28H,1H3,(H2,26,31,32)/b22-20-. The molecule has 174 valence electrons. The number of benzene rings is 3. The summed E-state index contributed by atoms with van der Waals surface area (Å²) in [5, 5.41) is 16.2. The quantitative estimate of drug-likeness (QED) is 0.327. The number of aliphatic hydroxyl groups excluding tert-OH is 1. The van der Waals surface area contributed by atoms with Crippen molar-refractivity contribution >= 4 is 33.2 Å². The average Bonchev–Trinajstić information content (AvgIpc) is 3.08. The molecule has 34 heavy (non-hydrogen) atoms. The number of halogens is 1. The zero-order valence-corrected chi connectivity index (χ0v) is 18.6. The molecule has 1 amide bonds. The molecule has 8 nitrogen and oxygen atoms in total. The Morgan fingerprint density at radius 3 is 2.18 bits per heavy atom. The number of Topliss-reactive ketones (excluding diaryl/α,β-unsaturated/α-hetero) is 1. The van der Waals surface area contributed by atoms with Gasteiger partial charge in [-0.3, -0.25) is 14.5 Å². The van der Waals surface area contributed by atoms with E-state index in [1.54, 1.807) is 12.1 Å². The number of ether oxygens (including phenoxy) is 1. The maximum absolute atomic E-state index is 14.9. The SMILES string of the molecule is COc1ccc(/C(O)=C2/C(=O)C(=O)N(c3ccc(S(N)(=O)=O)cc3)C2c2ccccc2F)cc1. The van der Waals surface area contributed by atoms with Crippen LogP contribution in [-0.4, -0.2) is 32.3 Å². The molecular weight excluding hydrogens is 463 g/mol. The first kappa shape index (κ1) is 23.1. The van der Waals surface area contributed by atoms with Crippen LogP contribution in [0.1, 0.15) is 17.2 Å². The third-order valence-electron chi connectivity index (χ3n) is 5.45. The van der Waals surface area contributed by atoms with Gasteiger partial charge < -0.3 is 9.84 Å². The lowest BCUT2D eigenvalue weighted by molar-refractivity contribution is -0.132. The fourth-order valence-corrected chi connectivity index (χ4v) is 4.31. The molecule has 1 atom stereocenters. The van der Waals surface area contributed by atoms with Gasteiger partial charge in [-0.05, 0) is 54.6 Å². The molecule has 1 unspecified atom stereocenters. The molecule has 0 spiro atoms. The highest BCUT2D eigenvalue weighted by atomic mass is 32.2. The van der Waals surface area contributed by atoms with Crippen molar-refractivity contribution in [1.29, 1.82) is 0 Å². The molecule has 0 radical (unpaired) electrons. The molecule has 0 bridgehead atoms. The van der Waals surface area contributed by atoms with Crippen LogP contribution in [0.5, 0.6) is 5.75 Å². The second-order valence-corrected chi connectivity index (χ2v) is 9.02. The number of ketones is 1. The van der Waals surface area contributed by atoms with Crippen LogP contribution in [0.15, 0.2) is 83.3 Å². The Hall–Kier alpha value is -4.02. The first-order valence-corrected chi connectivity index (χ1v) is 11.5. The maximum atomic E-state index is 14.9. The smallest absolute Gasteiger partial charge is 0.300 e. The zero-order valence-electron chi connectivity index (χ0n) is 17.8. The van der Waals surface area contributed by atoms with Crippen LogP contribution in [0.2, 0.25) is 0 Å². The fraction of sp³-hybridized carbons (Fsp3) is 0.0833. The number of carbonyl (C=O) groups is 2. The van der Waals surface area contributed by atoms with Gasteiger partial charge in [0.25, 0.3) is 11.7 Å². The number of amides is 1. The Morgan fingerprint density at radius 1 is 1.00 bits per heavy atom. The van der Waals surface area contributed by atoms with E-state index >= 15 is 0 Å². The number of sulfonamides is 1. The van der Waals surface area contributed by atoms with Gasteiger partial charge in [0.15, 0.2) is 0 Å². The van der Waals surface area contributed by atoms with E-state index < -0.39 is 39.3 Å². The molecule has 4 rings (SSSR count). The summed E-state index contributed by atoms with van der Waals surface area (Å²) >= 11 is 0. The Morgan fingerprint density at radius 2 is 1.62 bits per heavy atom. The lowest BCUT2D eigenvalue weighted by atomic mass is 9.94. The van der Waals surface area contributed by atoms with E-state index in [9.17, 15) is 27.5 Å². The molecule has 3 aromatic carbocycles. The molecule has 1 heterocycles. The van der Waals surface area contributed by atoms with Crippen LogP contribution in [0.25, 0.3) is 5.76 Å². The summed E-state index contributed by atoms with van der Waals surface area (Å²) in [5.74, 6) is -2.69. The van der Waals surface area contributed by atoms with Crippen molar-refractivity contribution in [2.24, 2.45) is 5.14 Å². The van der Waals surface area contributed by atoms with Gasteiger partial charge in [-0.1, -0.05) is 18.2 Å². The number of nitrogens with zero attached hydrogens (tertiary/aromatic N) is 1. The molecule has 1 aliphatic rings. The fourth-order valence-electron chi connectivity index (χ4n) is 3.79. The van der Waals surface area contributed by atoms with E-state index in [0.29, 0.717) is 5.75 Å². The number of primary sulfonamides is 1. The minimum absolute atomic E-state index is 0.0210. The highest BCUT2D eigenvalue weighted by Crippen LogP contribution is 2.43. The second kappa shape index (κ2) is 8.73. The number of hydrogen-bond donors (Lipinski definition) is 2. The van der Waals surface area contributed by atoms with Gasteiger partial charge in [-0.25, -0.2) is 17.9 Å². The van der Waals surface area contributed by atoms with E-state index in [2.05, 4.69) is 0 Å². The van der Waals surface area contributed by atoms with Crippen LogP contribution >= 0.6 is 0 Å². The largest absolute Gasteiger partial charge is 0.507 e. The van der Waals surface area contributed by atoms with Crippen molar-refractivity contribution in [2.45, 2.75) is 10.9 Å². The first-order valence-electron chi connectivity index (χ1n) is 9.96. The molecule has 1 fully saturated rings. The van der Waals surface area contributed by atoms with E-state index in [4.69, 9.17) is 9.88 Å². The molecule has 0 aromatic heterocycles. The topological polar surface area (TPSA) is 127 Å². The summed E-state index contributed by atoms with van der Waals surface area (Å²) in [6.45, 7) is 0. The van der Waals surface area contributed by atoms with Gasteiger partial charge >= 0.3 is 0 Å². The van der Waals surface area contributed by atoms with Crippen molar-refractivity contribution in [2.75, 3.05) is 12.0 Å². The summed E-state index contributed by atoms with van der Waals surface area (Å²) in [4.78, 5) is 27.0. The second-order valence-electron chi connectivity index (χ2n) is 7.46. The Balaban J connectivity index is 1.92. The third kappa shape index (κ3) is 4.04. The summed E-state index contributed by atoms with van der Waals surface area (Å²) in [5.41, 5.74) is 0.0179. The normalized spacial score (nSPS) is 17.7. The van der Waals surface area contributed by atoms with Gasteiger partial charge in [0.2, 0.25) is 10.0 Å². The van der Waals surface area contributed by atoms with Crippen LogP contribution in [0.4, 0.5) is 10.1 Å². The summed E-state index contributed by atoms with van der Waals surface area (Å²) in [7, 11) is -2.52. The molecule has 0 saturated carbocycles. The molecule has 1 saturated heterocycles. The van der Waals surface area contributed by atoms with Gasteiger partial charge in [-0.15, -0.1) is 0 Å². The van der Waals surface area contributed by atoms with E-state index in [0.717, 1.165) is 4.90 Å². The van der Waals surface area contributed by atoms with Crippen molar-refractivity contribution in [3.05, 3.63) is 95.3 Å². The summed E-state index contributed by atoms with van der Waals surface area (Å²) < 4.78 is 43.2. The Bertz CT molecular complexity index is 1420. The van der Waals surface area contributed by atoms with Gasteiger partial charge in [0, 0.05) is 16.8 Å². The van der Waals surface area contributed by atoms with Crippen LogP contribution in [0, 0.1) is 5.82 Å². The number of rotatable bonds is 5. The van der Waals surface area contributed by atoms with Crippen molar-refractivity contribution in [3.63, 3.8) is 0 Å².